The van der Waals surface area contributed by atoms with Gasteiger partial charge in [0.25, 0.3) is 0 Å². The van der Waals surface area contributed by atoms with Crippen LogP contribution < -0.4 is 5.32 Å². The molecule has 5 nitrogen and oxygen atoms in total. The number of benzene rings is 1. The van der Waals surface area contributed by atoms with Gasteiger partial charge in [0.15, 0.2) is 0 Å². The van der Waals surface area contributed by atoms with Crippen LogP contribution in [0.1, 0.15) is 56.6 Å². The summed E-state index contributed by atoms with van der Waals surface area (Å²) in [5.74, 6) is 0.745. The smallest absolute Gasteiger partial charge is 0.220 e. The standard InChI is InChI=1S/C19H28N4O/c1-13-9-17-18(10-14(13)2)23(22-21-17)12-15(3)20-19(24)11-16-7-5-4-6-8-16/h9-10,15-16H,4-8,11-12H2,1-3H3,(H,20,24)/t15-/m1/s1. The summed E-state index contributed by atoms with van der Waals surface area (Å²) < 4.78 is 1.90. The molecule has 1 N–H and O–H groups in total. The molecule has 0 radical (unpaired) electrons. The summed E-state index contributed by atoms with van der Waals surface area (Å²) in [6, 6.07) is 4.24. The van der Waals surface area contributed by atoms with Crippen LogP contribution >= 0.6 is 0 Å². The molecule has 0 saturated heterocycles. The minimum Gasteiger partial charge on any atom is -0.352 e. The minimum atomic E-state index is 0.0487. The highest BCUT2D eigenvalue weighted by Crippen LogP contribution is 2.26. The predicted molar refractivity (Wildman–Crippen MR) is 95.8 cm³/mol. The third kappa shape index (κ3) is 3.94. The first kappa shape index (κ1) is 16.9. The molecule has 0 spiro atoms. The molecular weight excluding hydrogens is 300 g/mol. The number of hydrogen-bond donors (Lipinski definition) is 1. The highest BCUT2D eigenvalue weighted by molar-refractivity contribution is 5.77. The minimum absolute atomic E-state index is 0.0487. The van der Waals surface area contributed by atoms with Crippen LogP contribution in [0.3, 0.4) is 0 Å². The monoisotopic (exact) mass is 328 g/mol. The molecule has 1 saturated carbocycles. The Labute approximate surface area is 143 Å². The van der Waals surface area contributed by atoms with Crippen LogP contribution in [0.5, 0.6) is 0 Å². The molecule has 5 heteroatoms. The van der Waals surface area contributed by atoms with Crippen LogP contribution in [-0.4, -0.2) is 26.9 Å². The molecule has 2 aromatic rings. The van der Waals surface area contributed by atoms with Crippen LogP contribution in [0.15, 0.2) is 12.1 Å². The van der Waals surface area contributed by atoms with Gasteiger partial charge >= 0.3 is 0 Å². The van der Waals surface area contributed by atoms with Crippen molar-refractivity contribution in [3.05, 3.63) is 23.3 Å². The number of aromatic nitrogens is 3. The lowest BCUT2D eigenvalue weighted by molar-refractivity contribution is -0.122. The molecule has 0 aliphatic heterocycles. The van der Waals surface area contributed by atoms with Gasteiger partial charge in [-0.3, -0.25) is 4.79 Å². The van der Waals surface area contributed by atoms with Crippen molar-refractivity contribution in [3.63, 3.8) is 0 Å². The molecule has 0 bridgehead atoms. The SMILES string of the molecule is Cc1cc2nnn(C[C@@H](C)NC(=O)CC3CCCCC3)c2cc1C. The van der Waals surface area contributed by atoms with E-state index in [1.165, 1.54) is 43.2 Å². The molecule has 1 fully saturated rings. The lowest BCUT2D eigenvalue weighted by Gasteiger charge is -2.22. The van der Waals surface area contributed by atoms with E-state index in [0.29, 0.717) is 18.9 Å². The van der Waals surface area contributed by atoms with Gasteiger partial charge in [0.05, 0.1) is 12.1 Å². The zero-order valence-corrected chi connectivity index (χ0v) is 15.0. The lowest BCUT2D eigenvalue weighted by atomic mass is 9.87. The maximum absolute atomic E-state index is 12.3. The summed E-state index contributed by atoms with van der Waals surface area (Å²) in [7, 11) is 0. The zero-order valence-electron chi connectivity index (χ0n) is 15.0. The van der Waals surface area contributed by atoms with E-state index in [1.807, 2.05) is 11.6 Å². The fourth-order valence-electron chi connectivity index (χ4n) is 3.65. The number of carbonyl (C=O) groups is 1. The van der Waals surface area contributed by atoms with E-state index in [9.17, 15) is 4.79 Å². The van der Waals surface area contributed by atoms with E-state index in [2.05, 4.69) is 41.6 Å². The van der Waals surface area contributed by atoms with Crippen LogP contribution in [0.2, 0.25) is 0 Å². The van der Waals surface area contributed by atoms with Gasteiger partial charge in [0.2, 0.25) is 5.91 Å². The van der Waals surface area contributed by atoms with Crippen molar-refractivity contribution >= 4 is 16.9 Å². The second-order valence-electron chi connectivity index (χ2n) is 7.37. The average Bonchev–Trinajstić information content (AvgIpc) is 2.90. The number of hydrogen-bond acceptors (Lipinski definition) is 3. The molecular formula is C19H28N4O. The van der Waals surface area contributed by atoms with Crippen LogP contribution in [0.25, 0.3) is 11.0 Å². The molecule has 1 amide bonds. The lowest BCUT2D eigenvalue weighted by Crippen LogP contribution is -2.37. The Hall–Kier alpha value is -1.91. The number of carbonyl (C=O) groups excluding carboxylic acids is 1. The van der Waals surface area contributed by atoms with Crippen LogP contribution in [0, 0.1) is 19.8 Å². The molecule has 1 atom stereocenters. The predicted octanol–water partition coefficient (Wildman–Crippen LogP) is 3.52. The highest BCUT2D eigenvalue weighted by Gasteiger charge is 2.18. The normalized spacial score (nSPS) is 17.1. The summed E-state index contributed by atoms with van der Waals surface area (Å²) in [6.07, 6.45) is 6.95. The first-order valence-electron chi connectivity index (χ1n) is 9.12. The van der Waals surface area contributed by atoms with Gasteiger partial charge < -0.3 is 5.32 Å². The Morgan fingerprint density at radius 1 is 1.25 bits per heavy atom. The fraction of sp³-hybridized carbons (Fsp3) is 0.632. The van der Waals surface area contributed by atoms with Crippen molar-refractivity contribution in [3.8, 4) is 0 Å². The van der Waals surface area contributed by atoms with Crippen molar-refractivity contribution in [2.24, 2.45) is 5.92 Å². The van der Waals surface area contributed by atoms with E-state index >= 15 is 0 Å². The first-order valence-corrected chi connectivity index (χ1v) is 9.12. The van der Waals surface area contributed by atoms with E-state index in [4.69, 9.17) is 0 Å². The van der Waals surface area contributed by atoms with Crippen molar-refractivity contribution in [2.45, 2.75) is 71.9 Å². The Kier molecular flexibility index (Phi) is 5.17. The molecule has 0 unspecified atom stereocenters. The van der Waals surface area contributed by atoms with Gasteiger partial charge in [0, 0.05) is 12.5 Å². The largest absolute Gasteiger partial charge is 0.352 e. The van der Waals surface area contributed by atoms with E-state index in [-0.39, 0.29) is 11.9 Å². The second kappa shape index (κ2) is 7.32. The molecule has 24 heavy (non-hydrogen) atoms. The molecule has 1 aromatic carbocycles. The summed E-state index contributed by atoms with van der Waals surface area (Å²) in [5.41, 5.74) is 4.41. The fourth-order valence-corrected chi connectivity index (χ4v) is 3.65. The van der Waals surface area contributed by atoms with Crippen LogP contribution in [-0.2, 0) is 11.3 Å². The van der Waals surface area contributed by atoms with Gasteiger partial charge in [-0.25, -0.2) is 4.68 Å². The van der Waals surface area contributed by atoms with Gasteiger partial charge in [-0.1, -0.05) is 24.5 Å². The average molecular weight is 328 g/mol. The summed E-state index contributed by atoms with van der Waals surface area (Å²) in [5, 5.41) is 11.6. The van der Waals surface area contributed by atoms with Gasteiger partial charge in [-0.05, 0) is 62.8 Å². The number of nitrogens with zero attached hydrogens (tertiary/aromatic N) is 3. The van der Waals surface area contributed by atoms with Gasteiger partial charge in [-0.2, -0.15) is 0 Å². The molecule has 1 aliphatic carbocycles. The van der Waals surface area contributed by atoms with Crippen molar-refractivity contribution in [1.82, 2.24) is 20.3 Å². The number of fused-ring (bicyclic) bond motifs is 1. The summed E-state index contributed by atoms with van der Waals surface area (Å²) >= 11 is 0. The number of nitrogens with one attached hydrogen (secondary N) is 1. The number of rotatable bonds is 5. The van der Waals surface area contributed by atoms with Crippen molar-refractivity contribution in [1.29, 1.82) is 0 Å². The Bertz CT molecular complexity index is 715. The molecule has 1 aliphatic rings. The van der Waals surface area contributed by atoms with Gasteiger partial charge in [0.1, 0.15) is 5.52 Å². The van der Waals surface area contributed by atoms with Gasteiger partial charge in [-0.15, -0.1) is 5.10 Å². The van der Waals surface area contributed by atoms with E-state index in [1.54, 1.807) is 0 Å². The quantitative estimate of drug-likeness (QED) is 0.913. The summed E-state index contributed by atoms with van der Waals surface area (Å²) in [6.45, 7) is 6.87. The van der Waals surface area contributed by atoms with E-state index < -0.39 is 0 Å². The zero-order chi connectivity index (χ0) is 17.1. The van der Waals surface area contributed by atoms with Crippen molar-refractivity contribution in [2.75, 3.05) is 0 Å². The van der Waals surface area contributed by atoms with Crippen LogP contribution in [0.4, 0.5) is 0 Å². The number of amides is 1. The Morgan fingerprint density at radius 2 is 1.96 bits per heavy atom. The van der Waals surface area contributed by atoms with E-state index in [0.717, 1.165) is 11.0 Å². The maximum Gasteiger partial charge on any atom is 0.220 e. The highest BCUT2D eigenvalue weighted by atomic mass is 16.1. The van der Waals surface area contributed by atoms with Crippen molar-refractivity contribution < 1.29 is 4.79 Å². The molecule has 3 rings (SSSR count). The third-order valence-electron chi connectivity index (χ3n) is 5.18. The Balaban J connectivity index is 1.59. The first-order chi connectivity index (χ1) is 11.5. The number of aryl methyl sites for hydroxylation is 2. The second-order valence-corrected chi connectivity index (χ2v) is 7.37. The summed E-state index contributed by atoms with van der Waals surface area (Å²) in [4.78, 5) is 12.3. The molecule has 1 aromatic heterocycles. The molecule has 1 heterocycles. The topological polar surface area (TPSA) is 59.8 Å². The third-order valence-corrected chi connectivity index (χ3v) is 5.18. The Morgan fingerprint density at radius 3 is 2.71 bits per heavy atom. The molecule has 130 valence electrons. The maximum atomic E-state index is 12.3.